The summed E-state index contributed by atoms with van der Waals surface area (Å²) in [6.45, 7) is 1.10. The van der Waals surface area contributed by atoms with Crippen LogP contribution in [0.4, 0.5) is 0 Å². The van der Waals surface area contributed by atoms with Gasteiger partial charge < -0.3 is 14.7 Å². The highest BCUT2D eigenvalue weighted by atomic mass is 16.5. The lowest BCUT2D eigenvalue weighted by atomic mass is 10.1. The van der Waals surface area contributed by atoms with E-state index in [1.165, 1.54) is 0 Å². The largest absolute Gasteiger partial charge is 0.481 e. The molecule has 1 amide bonds. The van der Waals surface area contributed by atoms with E-state index in [2.05, 4.69) is 10.2 Å². The Balaban J connectivity index is 1.81. The smallest absolute Gasteiger partial charge is 0.306 e. The zero-order valence-electron chi connectivity index (χ0n) is 11.3. The predicted molar refractivity (Wildman–Crippen MR) is 74.0 cm³/mol. The molecule has 1 aromatic carbocycles. The first kappa shape index (κ1) is 13.6. The van der Waals surface area contributed by atoms with Crippen molar-refractivity contribution in [2.24, 2.45) is 0 Å². The number of rotatable bonds is 3. The summed E-state index contributed by atoms with van der Waals surface area (Å²) in [5.41, 5.74) is 1.24. The van der Waals surface area contributed by atoms with Gasteiger partial charge in [0.05, 0.1) is 36.4 Å². The summed E-state index contributed by atoms with van der Waals surface area (Å²) in [5, 5.41) is 16.5. The van der Waals surface area contributed by atoms with Crippen LogP contribution in [0.3, 0.4) is 0 Å². The van der Waals surface area contributed by atoms with Gasteiger partial charge >= 0.3 is 5.97 Å². The second-order valence-corrected chi connectivity index (χ2v) is 4.98. The molecular weight excluding hydrogens is 274 g/mol. The topological polar surface area (TPSA) is 95.5 Å². The van der Waals surface area contributed by atoms with Gasteiger partial charge in [0.1, 0.15) is 0 Å². The first-order valence-electron chi connectivity index (χ1n) is 6.70. The molecule has 1 saturated heterocycles. The quantitative estimate of drug-likeness (QED) is 0.874. The second-order valence-electron chi connectivity index (χ2n) is 4.98. The van der Waals surface area contributed by atoms with E-state index in [4.69, 9.17) is 9.84 Å². The molecule has 7 heteroatoms. The van der Waals surface area contributed by atoms with Crippen LogP contribution >= 0.6 is 0 Å². The molecule has 2 N–H and O–H groups in total. The van der Waals surface area contributed by atoms with Gasteiger partial charge in [-0.15, -0.1) is 0 Å². The van der Waals surface area contributed by atoms with Crippen LogP contribution < -0.4 is 0 Å². The molecule has 0 spiro atoms. The number of carbonyl (C=O) groups is 2. The summed E-state index contributed by atoms with van der Waals surface area (Å²) in [6.07, 6.45) is 1.11. The number of H-pyrrole nitrogens is 1. The lowest BCUT2D eigenvalue weighted by Crippen LogP contribution is -2.46. The van der Waals surface area contributed by atoms with Crippen molar-refractivity contribution in [2.75, 3.05) is 19.7 Å². The number of aromatic nitrogens is 2. The Bertz CT molecular complexity index is 682. The van der Waals surface area contributed by atoms with Gasteiger partial charge in [0.25, 0.3) is 5.91 Å². The number of nitrogens with one attached hydrogen (secondary N) is 1. The van der Waals surface area contributed by atoms with Crippen molar-refractivity contribution in [2.45, 2.75) is 12.5 Å². The maximum absolute atomic E-state index is 12.6. The number of carboxylic acids is 1. The van der Waals surface area contributed by atoms with Crippen LogP contribution in [0, 0.1) is 0 Å². The maximum Gasteiger partial charge on any atom is 0.306 e. The van der Waals surface area contributed by atoms with Crippen LogP contribution in [0.25, 0.3) is 10.9 Å². The molecule has 0 bridgehead atoms. The third-order valence-corrected chi connectivity index (χ3v) is 3.54. The minimum atomic E-state index is -0.926. The zero-order valence-corrected chi connectivity index (χ0v) is 11.3. The molecule has 1 unspecified atom stereocenters. The molecule has 2 aromatic rings. The number of morpholine rings is 1. The Morgan fingerprint density at radius 1 is 1.48 bits per heavy atom. The third-order valence-electron chi connectivity index (χ3n) is 3.54. The lowest BCUT2D eigenvalue weighted by Gasteiger charge is -2.32. The van der Waals surface area contributed by atoms with Gasteiger partial charge in [-0.05, 0) is 6.07 Å². The van der Waals surface area contributed by atoms with Crippen molar-refractivity contribution in [1.29, 1.82) is 0 Å². The molecule has 1 aromatic heterocycles. The van der Waals surface area contributed by atoms with Crippen molar-refractivity contribution >= 4 is 22.8 Å². The van der Waals surface area contributed by atoms with Gasteiger partial charge in [-0.1, -0.05) is 12.1 Å². The number of para-hydroxylation sites is 1. The van der Waals surface area contributed by atoms with E-state index in [1.807, 2.05) is 6.07 Å². The normalized spacial score (nSPS) is 18.9. The number of aliphatic carboxylic acids is 1. The molecule has 1 atom stereocenters. The fourth-order valence-electron chi connectivity index (χ4n) is 2.54. The molecule has 110 valence electrons. The number of hydrogen-bond donors (Lipinski definition) is 2. The van der Waals surface area contributed by atoms with Gasteiger partial charge in [-0.25, -0.2) is 0 Å². The van der Waals surface area contributed by atoms with Gasteiger partial charge in [0, 0.05) is 18.5 Å². The highest BCUT2D eigenvalue weighted by Gasteiger charge is 2.27. The van der Waals surface area contributed by atoms with E-state index < -0.39 is 12.1 Å². The van der Waals surface area contributed by atoms with Gasteiger partial charge in [-0.3, -0.25) is 14.7 Å². The van der Waals surface area contributed by atoms with Crippen molar-refractivity contribution in [3.63, 3.8) is 0 Å². The molecule has 1 aliphatic rings. The first-order chi connectivity index (χ1) is 10.1. The number of fused-ring (bicyclic) bond motifs is 1. The number of carboxylic acid groups (broad SMARTS) is 1. The summed E-state index contributed by atoms with van der Waals surface area (Å²) < 4.78 is 5.38. The van der Waals surface area contributed by atoms with E-state index in [-0.39, 0.29) is 18.9 Å². The van der Waals surface area contributed by atoms with Crippen LogP contribution in [0.5, 0.6) is 0 Å². The number of carbonyl (C=O) groups excluding carboxylic acids is 1. The van der Waals surface area contributed by atoms with E-state index in [9.17, 15) is 9.59 Å². The molecule has 21 heavy (non-hydrogen) atoms. The van der Waals surface area contributed by atoms with Crippen molar-refractivity contribution in [3.05, 3.63) is 30.0 Å². The van der Waals surface area contributed by atoms with Gasteiger partial charge in [0.2, 0.25) is 0 Å². The second kappa shape index (κ2) is 5.53. The summed E-state index contributed by atoms with van der Waals surface area (Å²) in [5.74, 6) is -1.06. The van der Waals surface area contributed by atoms with Crippen molar-refractivity contribution in [1.82, 2.24) is 15.1 Å². The van der Waals surface area contributed by atoms with Crippen LogP contribution in [0.2, 0.25) is 0 Å². The molecule has 0 aliphatic carbocycles. The predicted octanol–water partition coefficient (Wildman–Crippen LogP) is 0.879. The monoisotopic (exact) mass is 289 g/mol. The molecule has 0 radical (unpaired) electrons. The Labute approximate surface area is 120 Å². The Morgan fingerprint density at radius 2 is 2.33 bits per heavy atom. The van der Waals surface area contributed by atoms with Crippen LogP contribution in [-0.2, 0) is 9.53 Å². The van der Waals surface area contributed by atoms with Crippen LogP contribution in [0.15, 0.2) is 24.4 Å². The lowest BCUT2D eigenvalue weighted by molar-refractivity contribution is -0.141. The third kappa shape index (κ3) is 2.73. The van der Waals surface area contributed by atoms with E-state index in [1.54, 1.807) is 23.2 Å². The van der Waals surface area contributed by atoms with E-state index in [0.717, 1.165) is 5.39 Å². The molecule has 0 saturated carbocycles. The summed E-state index contributed by atoms with van der Waals surface area (Å²) in [4.78, 5) is 25.0. The number of ether oxygens (including phenoxy) is 1. The number of amides is 1. The number of hydrogen-bond acceptors (Lipinski definition) is 4. The molecule has 1 fully saturated rings. The number of nitrogens with zero attached hydrogens (tertiary/aromatic N) is 2. The first-order valence-corrected chi connectivity index (χ1v) is 6.70. The zero-order chi connectivity index (χ0) is 14.8. The molecule has 7 nitrogen and oxygen atoms in total. The highest BCUT2D eigenvalue weighted by Crippen LogP contribution is 2.19. The van der Waals surface area contributed by atoms with Crippen LogP contribution in [-0.4, -0.2) is 57.9 Å². The molecule has 1 aliphatic heterocycles. The van der Waals surface area contributed by atoms with Crippen molar-refractivity contribution < 1.29 is 19.4 Å². The summed E-state index contributed by atoms with van der Waals surface area (Å²) in [7, 11) is 0. The number of aromatic amines is 1. The standard InChI is InChI=1S/C14H15N3O4/c18-12(19)6-10-8-17(4-5-21-10)14(20)11-3-1-2-9-7-15-16-13(9)11/h1-3,7,10H,4-6,8H2,(H,15,16)(H,18,19). The van der Waals surface area contributed by atoms with Crippen molar-refractivity contribution in [3.8, 4) is 0 Å². The Hall–Kier alpha value is -2.41. The van der Waals surface area contributed by atoms with Gasteiger partial charge in [0.15, 0.2) is 0 Å². The summed E-state index contributed by atoms with van der Waals surface area (Å²) in [6, 6.07) is 5.42. The Kier molecular flexibility index (Phi) is 3.57. The summed E-state index contributed by atoms with van der Waals surface area (Å²) >= 11 is 0. The van der Waals surface area contributed by atoms with Crippen LogP contribution in [0.1, 0.15) is 16.8 Å². The SMILES string of the molecule is O=C(O)CC1CN(C(=O)c2cccc3cn[nH]c23)CCO1. The fourth-order valence-corrected chi connectivity index (χ4v) is 2.54. The highest BCUT2D eigenvalue weighted by molar-refractivity contribution is 6.05. The minimum Gasteiger partial charge on any atom is -0.481 e. The minimum absolute atomic E-state index is 0.0992. The van der Waals surface area contributed by atoms with E-state index in [0.29, 0.717) is 24.2 Å². The van der Waals surface area contributed by atoms with Gasteiger partial charge in [-0.2, -0.15) is 5.10 Å². The fraction of sp³-hybridized carbons (Fsp3) is 0.357. The molecule has 3 rings (SSSR count). The average Bonchev–Trinajstić information content (AvgIpc) is 2.94. The average molecular weight is 289 g/mol. The molecular formula is C14H15N3O4. The van der Waals surface area contributed by atoms with E-state index >= 15 is 0 Å². The molecule has 2 heterocycles. The maximum atomic E-state index is 12.6. The number of benzene rings is 1. The Morgan fingerprint density at radius 3 is 3.14 bits per heavy atom.